The molecule has 0 radical (unpaired) electrons. The molecule has 3 aliphatic rings. The molecule has 0 spiro atoms. The summed E-state index contributed by atoms with van der Waals surface area (Å²) in [4.78, 5) is 0. The molecule has 54 valence electrons. The van der Waals surface area contributed by atoms with E-state index >= 15 is 0 Å². The Morgan fingerprint density at radius 2 is 1.50 bits per heavy atom. The molecule has 2 saturated carbocycles. The van der Waals surface area contributed by atoms with Crippen LogP contribution in [0.25, 0.3) is 0 Å². The van der Waals surface area contributed by atoms with Gasteiger partial charge in [-0.25, -0.2) is 0 Å². The van der Waals surface area contributed by atoms with Gasteiger partial charge in [0.25, 0.3) is 0 Å². The van der Waals surface area contributed by atoms with Crippen molar-refractivity contribution in [3.63, 3.8) is 0 Å². The molecule has 2 fully saturated rings. The van der Waals surface area contributed by atoms with Crippen LogP contribution in [0.2, 0.25) is 0 Å². The molecule has 3 rings (SSSR count). The number of hydrogen-bond acceptors (Lipinski definition) is 1. The van der Waals surface area contributed by atoms with Crippen LogP contribution < -0.4 is 0 Å². The molecule has 4 unspecified atom stereocenters. The summed E-state index contributed by atoms with van der Waals surface area (Å²) in [6.45, 7) is 0. The number of allylic oxidation sites excluding steroid dienone is 2. The number of hydrogen-bond donors (Lipinski definition) is 1. The highest BCUT2D eigenvalue weighted by Gasteiger charge is 2.54. The lowest BCUT2D eigenvalue weighted by Gasteiger charge is -2.32. The molecule has 4 atom stereocenters. The van der Waals surface area contributed by atoms with Crippen LogP contribution in [-0.4, -0.2) is 11.2 Å². The second-order valence-corrected chi connectivity index (χ2v) is 3.94. The third kappa shape index (κ3) is 0.392. The van der Waals surface area contributed by atoms with E-state index in [1.54, 1.807) is 0 Å². The Morgan fingerprint density at radius 1 is 1.00 bits per heavy atom. The van der Waals surface area contributed by atoms with E-state index in [2.05, 4.69) is 12.2 Å². The van der Waals surface area contributed by atoms with Gasteiger partial charge in [0.2, 0.25) is 0 Å². The van der Waals surface area contributed by atoms with Gasteiger partial charge in [0.05, 0.1) is 6.10 Å². The van der Waals surface area contributed by atoms with E-state index in [1.165, 1.54) is 12.8 Å². The molecular formula is C9H12O. The summed E-state index contributed by atoms with van der Waals surface area (Å²) in [6, 6.07) is 0. The molecule has 0 saturated heterocycles. The zero-order valence-electron chi connectivity index (χ0n) is 5.90. The van der Waals surface area contributed by atoms with Crippen LogP contribution in [0.15, 0.2) is 12.2 Å². The van der Waals surface area contributed by atoms with Gasteiger partial charge in [-0.1, -0.05) is 12.2 Å². The lowest BCUT2D eigenvalue weighted by atomic mass is 9.72. The van der Waals surface area contributed by atoms with Crippen LogP contribution >= 0.6 is 0 Å². The summed E-state index contributed by atoms with van der Waals surface area (Å²) >= 11 is 0. The van der Waals surface area contributed by atoms with E-state index in [0.717, 1.165) is 11.8 Å². The van der Waals surface area contributed by atoms with Gasteiger partial charge in [-0.15, -0.1) is 0 Å². The van der Waals surface area contributed by atoms with Crippen LogP contribution in [0.4, 0.5) is 0 Å². The number of rotatable bonds is 0. The van der Waals surface area contributed by atoms with Crippen molar-refractivity contribution >= 4 is 0 Å². The fourth-order valence-electron chi connectivity index (χ4n) is 3.11. The summed E-state index contributed by atoms with van der Waals surface area (Å²) < 4.78 is 0. The SMILES string of the molecule is OC1C2CCC1C1C=CC12. The van der Waals surface area contributed by atoms with Gasteiger partial charge in [-0.3, -0.25) is 0 Å². The first-order valence-corrected chi connectivity index (χ1v) is 4.24. The van der Waals surface area contributed by atoms with Gasteiger partial charge in [-0.05, 0) is 36.5 Å². The highest BCUT2D eigenvalue weighted by molar-refractivity contribution is 5.22. The smallest absolute Gasteiger partial charge is 0.0608 e. The maximum atomic E-state index is 9.67. The Hall–Kier alpha value is -0.300. The molecule has 10 heavy (non-hydrogen) atoms. The number of aliphatic hydroxyl groups excluding tert-OH is 1. The van der Waals surface area contributed by atoms with E-state index in [0.29, 0.717) is 11.8 Å². The van der Waals surface area contributed by atoms with Crippen LogP contribution in [0.3, 0.4) is 0 Å². The van der Waals surface area contributed by atoms with Crippen molar-refractivity contribution in [2.24, 2.45) is 23.7 Å². The van der Waals surface area contributed by atoms with Crippen LogP contribution in [0.5, 0.6) is 0 Å². The lowest BCUT2D eigenvalue weighted by molar-refractivity contribution is 0.123. The number of fused-ring (bicyclic) bond motifs is 5. The van der Waals surface area contributed by atoms with Gasteiger partial charge >= 0.3 is 0 Å². The standard InChI is InChI=1S/C9H12O/c10-9-7-3-4-8(9)6-2-1-5(6)7/h1-2,5-10H,3-4H2. The normalized spacial score (nSPS) is 62.3. The second-order valence-electron chi connectivity index (χ2n) is 3.94. The van der Waals surface area contributed by atoms with E-state index in [9.17, 15) is 5.11 Å². The third-order valence-electron chi connectivity index (χ3n) is 3.70. The minimum absolute atomic E-state index is 0.0463. The van der Waals surface area contributed by atoms with Gasteiger partial charge in [0, 0.05) is 0 Å². The summed E-state index contributed by atoms with van der Waals surface area (Å²) in [5.74, 6) is 2.82. The minimum atomic E-state index is 0.0463. The van der Waals surface area contributed by atoms with E-state index < -0.39 is 0 Å². The molecule has 0 aliphatic heterocycles. The average Bonchev–Trinajstić information content (AvgIpc) is 2.21. The van der Waals surface area contributed by atoms with Gasteiger partial charge in [-0.2, -0.15) is 0 Å². The minimum Gasteiger partial charge on any atom is -0.393 e. The Kier molecular flexibility index (Phi) is 0.791. The molecule has 1 N–H and O–H groups in total. The molecule has 2 bridgehead atoms. The first kappa shape index (κ1) is 5.36. The summed E-state index contributed by atoms with van der Waals surface area (Å²) in [5.41, 5.74) is 0. The third-order valence-corrected chi connectivity index (χ3v) is 3.70. The topological polar surface area (TPSA) is 20.2 Å². The van der Waals surface area contributed by atoms with Crippen molar-refractivity contribution in [1.82, 2.24) is 0 Å². The average molecular weight is 136 g/mol. The molecule has 0 heterocycles. The highest BCUT2D eigenvalue weighted by atomic mass is 16.3. The first-order chi connectivity index (χ1) is 4.88. The predicted molar refractivity (Wildman–Crippen MR) is 38.3 cm³/mol. The maximum Gasteiger partial charge on any atom is 0.0608 e. The molecule has 1 heteroatoms. The van der Waals surface area contributed by atoms with Crippen LogP contribution in [0, 0.1) is 23.7 Å². The molecule has 0 aromatic carbocycles. The van der Waals surface area contributed by atoms with Gasteiger partial charge < -0.3 is 5.11 Å². The van der Waals surface area contributed by atoms with Crippen molar-refractivity contribution in [1.29, 1.82) is 0 Å². The Bertz CT molecular complexity index is 177. The second kappa shape index (κ2) is 1.48. The lowest BCUT2D eigenvalue weighted by Crippen LogP contribution is -2.24. The van der Waals surface area contributed by atoms with Crippen molar-refractivity contribution in [3.05, 3.63) is 12.2 Å². The van der Waals surface area contributed by atoms with Crippen molar-refractivity contribution < 1.29 is 5.11 Å². The highest BCUT2D eigenvalue weighted by Crippen LogP contribution is 2.57. The Labute approximate surface area is 60.7 Å². The first-order valence-electron chi connectivity index (χ1n) is 4.24. The van der Waals surface area contributed by atoms with Gasteiger partial charge in [0.15, 0.2) is 0 Å². The fourth-order valence-corrected chi connectivity index (χ4v) is 3.11. The molecule has 1 nitrogen and oxygen atoms in total. The molecular weight excluding hydrogens is 124 g/mol. The molecule has 3 aliphatic carbocycles. The van der Waals surface area contributed by atoms with E-state index in [-0.39, 0.29) is 6.10 Å². The largest absolute Gasteiger partial charge is 0.393 e. The molecule has 0 aromatic heterocycles. The van der Waals surface area contributed by atoms with Crippen molar-refractivity contribution in [2.45, 2.75) is 18.9 Å². The predicted octanol–water partition coefficient (Wildman–Crippen LogP) is 1.19. The summed E-state index contributed by atoms with van der Waals surface area (Å²) in [5, 5.41) is 9.67. The molecule has 0 aromatic rings. The monoisotopic (exact) mass is 136 g/mol. The number of aliphatic hydroxyl groups is 1. The zero-order chi connectivity index (χ0) is 6.72. The van der Waals surface area contributed by atoms with Crippen LogP contribution in [-0.2, 0) is 0 Å². The van der Waals surface area contributed by atoms with E-state index in [4.69, 9.17) is 0 Å². The van der Waals surface area contributed by atoms with Gasteiger partial charge in [0.1, 0.15) is 0 Å². The van der Waals surface area contributed by atoms with Crippen molar-refractivity contribution in [2.75, 3.05) is 0 Å². The summed E-state index contributed by atoms with van der Waals surface area (Å²) in [6.07, 6.45) is 7.18. The zero-order valence-corrected chi connectivity index (χ0v) is 5.90. The maximum absolute atomic E-state index is 9.67. The van der Waals surface area contributed by atoms with Crippen LogP contribution in [0.1, 0.15) is 12.8 Å². The fraction of sp³-hybridized carbons (Fsp3) is 0.778. The van der Waals surface area contributed by atoms with E-state index in [1.807, 2.05) is 0 Å². The Morgan fingerprint density at radius 3 is 1.80 bits per heavy atom. The molecule has 0 amide bonds. The van der Waals surface area contributed by atoms with Crippen molar-refractivity contribution in [3.8, 4) is 0 Å². The quantitative estimate of drug-likeness (QED) is 0.496. The summed E-state index contributed by atoms with van der Waals surface area (Å²) in [7, 11) is 0. The Balaban J connectivity index is 2.02.